The maximum atomic E-state index is 13.9. The Hall–Kier alpha value is -2.93. The summed E-state index contributed by atoms with van der Waals surface area (Å²) in [5.41, 5.74) is 1.88. The number of rotatable bonds is 3. The monoisotopic (exact) mass is 383 g/mol. The van der Waals surface area contributed by atoms with Crippen LogP contribution in [-0.4, -0.2) is 47.2 Å². The molecule has 0 radical (unpaired) electrons. The molecule has 3 amide bonds. The molecule has 4 rings (SSSR count). The molecule has 2 aliphatic heterocycles. The first-order valence-electron chi connectivity index (χ1n) is 9.40. The zero-order valence-electron chi connectivity index (χ0n) is 15.5. The predicted molar refractivity (Wildman–Crippen MR) is 104 cm³/mol. The standard InChI is InChI=1S/C21H22FN3O3/c1-2-19(27)24-11-17-20(13-7-3-6-10-16(13)24)18(12-26)25(17)21(28)23-15-9-5-4-8-14(15)22/h3-10,17-18,20,26H,2,11-12H2,1H3,(H,23,28)/t17-,18+,20+/m1/s1. The molecule has 6 nitrogen and oxygen atoms in total. The van der Waals surface area contributed by atoms with E-state index in [1.807, 2.05) is 24.3 Å². The van der Waals surface area contributed by atoms with Crippen LogP contribution in [-0.2, 0) is 4.79 Å². The van der Waals surface area contributed by atoms with Crippen LogP contribution in [0.25, 0.3) is 0 Å². The van der Waals surface area contributed by atoms with Gasteiger partial charge in [0.15, 0.2) is 0 Å². The van der Waals surface area contributed by atoms with E-state index in [0.717, 1.165) is 11.3 Å². The zero-order valence-corrected chi connectivity index (χ0v) is 15.5. The van der Waals surface area contributed by atoms with Gasteiger partial charge in [-0.25, -0.2) is 9.18 Å². The van der Waals surface area contributed by atoms with Crippen molar-refractivity contribution in [2.24, 2.45) is 0 Å². The molecule has 2 heterocycles. The van der Waals surface area contributed by atoms with Crippen LogP contribution in [0.4, 0.5) is 20.6 Å². The molecule has 28 heavy (non-hydrogen) atoms. The van der Waals surface area contributed by atoms with Gasteiger partial charge in [0.05, 0.1) is 24.4 Å². The molecule has 2 aromatic carbocycles. The third-order valence-electron chi connectivity index (χ3n) is 5.64. The molecule has 1 fully saturated rings. The van der Waals surface area contributed by atoms with Gasteiger partial charge in [0.1, 0.15) is 5.82 Å². The van der Waals surface area contributed by atoms with E-state index in [0.29, 0.717) is 13.0 Å². The third-order valence-corrected chi connectivity index (χ3v) is 5.64. The van der Waals surface area contributed by atoms with Gasteiger partial charge < -0.3 is 20.2 Å². The molecule has 0 aliphatic carbocycles. The number of hydrogen-bond acceptors (Lipinski definition) is 3. The highest BCUT2D eigenvalue weighted by Gasteiger charge is 2.55. The van der Waals surface area contributed by atoms with Gasteiger partial charge in [-0.2, -0.15) is 0 Å². The highest BCUT2D eigenvalue weighted by Crippen LogP contribution is 2.48. The van der Waals surface area contributed by atoms with Crippen LogP contribution in [0.2, 0.25) is 0 Å². The van der Waals surface area contributed by atoms with Crippen molar-refractivity contribution in [2.45, 2.75) is 31.3 Å². The number of amides is 3. The Labute approximate surface area is 162 Å². The number of likely N-dealkylation sites (tertiary alicyclic amines) is 1. The SMILES string of the molecule is CCC(=O)N1C[C@@H]2[C@H](c3ccccc31)[C@H](CO)N2C(=O)Nc1ccccc1F. The van der Waals surface area contributed by atoms with Gasteiger partial charge in [-0.05, 0) is 23.8 Å². The molecule has 146 valence electrons. The van der Waals surface area contributed by atoms with Gasteiger partial charge in [-0.3, -0.25) is 4.79 Å². The van der Waals surface area contributed by atoms with Crippen molar-refractivity contribution in [2.75, 3.05) is 23.4 Å². The fraction of sp³-hybridized carbons (Fsp3) is 0.333. The minimum atomic E-state index is -0.523. The number of benzene rings is 2. The van der Waals surface area contributed by atoms with Crippen molar-refractivity contribution in [1.82, 2.24) is 4.90 Å². The Bertz CT molecular complexity index is 919. The summed E-state index contributed by atoms with van der Waals surface area (Å²) < 4.78 is 13.9. The Balaban J connectivity index is 1.64. The third kappa shape index (κ3) is 2.82. The number of nitrogens with zero attached hydrogens (tertiary/aromatic N) is 2. The molecule has 0 bridgehead atoms. The summed E-state index contributed by atoms with van der Waals surface area (Å²) in [7, 11) is 0. The number of aliphatic hydroxyl groups excluding tert-OH is 1. The van der Waals surface area contributed by atoms with E-state index in [4.69, 9.17) is 0 Å². The van der Waals surface area contributed by atoms with Gasteiger partial charge in [-0.15, -0.1) is 0 Å². The van der Waals surface area contributed by atoms with Crippen molar-refractivity contribution in [3.63, 3.8) is 0 Å². The lowest BCUT2D eigenvalue weighted by atomic mass is 9.72. The lowest BCUT2D eigenvalue weighted by molar-refractivity contribution is -0.119. The van der Waals surface area contributed by atoms with Crippen LogP contribution in [0.1, 0.15) is 24.8 Å². The molecule has 7 heteroatoms. The van der Waals surface area contributed by atoms with E-state index in [-0.39, 0.29) is 30.2 Å². The van der Waals surface area contributed by atoms with Crippen molar-refractivity contribution < 1.29 is 19.1 Å². The second-order valence-corrected chi connectivity index (χ2v) is 7.08. The lowest BCUT2D eigenvalue weighted by Crippen LogP contribution is -2.71. The van der Waals surface area contributed by atoms with Gasteiger partial charge in [0.2, 0.25) is 5.91 Å². The highest BCUT2D eigenvalue weighted by atomic mass is 19.1. The number of nitrogens with one attached hydrogen (secondary N) is 1. The Morgan fingerprint density at radius 3 is 2.61 bits per heavy atom. The number of para-hydroxylation sites is 2. The van der Waals surface area contributed by atoms with Gasteiger partial charge in [0.25, 0.3) is 0 Å². The molecule has 0 spiro atoms. The number of carbonyl (C=O) groups excluding carboxylic acids is 2. The molecule has 0 unspecified atom stereocenters. The molecule has 2 aliphatic rings. The molecule has 2 aromatic rings. The van der Waals surface area contributed by atoms with E-state index >= 15 is 0 Å². The number of hydrogen-bond donors (Lipinski definition) is 2. The minimum absolute atomic E-state index is 0.0205. The summed E-state index contributed by atoms with van der Waals surface area (Å²) in [6, 6.07) is 12.4. The average molecular weight is 383 g/mol. The highest BCUT2D eigenvalue weighted by molar-refractivity contribution is 5.96. The van der Waals surface area contributed by atoms with Crippen molar-refractivity contribution >= 4 is 23.3 Å². The largest absolute Gasteiger partial charge is 0.394 e. The van der Waals surface area contributed by atoms with E-state index < -0.39 is 17.9 Å². The average Bonchev–Trinajstić information content (AvgIpc) is 2.69. The van der Waals surface area contributed by atoms with Crippen LogP contribution >= 0.6 is 0 Å². The van der Waals surface area contributed by atoms with Crippen LogP contribution in [0, 0.1) is 5.82 Å². The fourth-order valence-electron chi connectivity index (χ4n) is 4.34. The maximum Gasteiger partial charge on any atom is 0.322 e. The minimum Gasteiger partial charge on any atom is -0.394 e. The van der Waals surface area contributed by atoms with Crippen LogP contribution in [0.5, 0.6) is 0 Å². The summed E-state index contributed by atoms with van der Waals surface area (Å²) in [4.78, 5) is 28.6. The summed E-state index contributed by atoms with van der Waals surface area (Å²) >= 11 is 0. The number of fused-ring (bicyclic) bond motifs is 3. The summed E-state index contributed by atoms with van der Waals surface area (Å²) in [6.45, 7) is 1.95. The van der Waals surface area contributed by atoms with Crippen molar-refractivity contribution in [3.05, 3.63) is 59.9 Å². The number of urea groups is 1. The lowest BCUT2D eigenvalue weighted by Gasteiger charge is -2.58. The molecule has 0 saturated carbocycles. The molecule has 1 saturated heterocycles. The van der Waals surface area contributed by atoms with E-state index in [1.165, 1.54) is 17.0 Å². The zero-order chi connectivity index (χ0) is 19.8. The molecular weight excluding hydrogens is 361 g/mol. The van der Waals surface area contributed by atoms with Gasteiger partial charge in [0, 0.05) is 24.6 Å². The Kier molecular flexibility index (Phi) is 4.77. The smallest absolute Gasteiger partial charge is 0.322 e. The van der Waals surface area contributed by atoms with Gasteiger partial charge >= 0.3 is 6.03 Å². The van der Waals surface area contributed by atoms with E-state index in [2.05, 4.69) is 5.32 Å². The quantitative estimate of drug-likeness (QED) is 0.856. The number of anilines is 2. The summed E-state index contributed by atoms with van der Waals surface area (Å²) in [6.07, 6.45) is 0.358. The van der Waals surface area contributed by atoms with Crippen molar-refractivity contribution in [1.29, 1.82) is 0 Å². The Morgan fingerprint density at radius 2 is 1.89 bits per heavy atom. The van der Waals surface area contributed by atoms with Crippen LogP contribution in [0.15, 0.2) is 48.5 Å². The maximum absolute atomic E-state index is 13.9. The number of halogens is 1. The van der Waals surface area contributed by atoms with E-state index in [9.17, 15) is 19.1 Å². The van der Waals surface area contributed by atoms with E-state index in [1.54, 1.807) is 24.0 Å². The molecule has 2 N–H and O–H groups in total. The number of carbonyl (C=O) groups is 2. The molecule has 0 aromatic heterocycles. The predicted octanol–water partition coefficient (Wildman–Crippen LogP) is 2.94. The normalized spacial score (nSPS) is 22.8. The second-order valence-electron chi connectivity index (χ2n) is 7.08. The summed E-state index contributed by atoms with van der Waals surface area (Å²) in [5, 5.41) is 12.5. The fourth-order valence-corrected chi connectivity index (χ4v) is 4.34. The molecule has 3 atom stereocenters. The Morgan fingerprint density at radius 1 is 1.18 bits per heavy atom. The molecular formula is C21H22FN3O3. The van der Waals surface area contributed by atoms with Crippen LogP contribution in [0.3, 0.4) is 0 Å². The first-order valence-corrected chi connectivity index (χ1v) is 9.40. The number of aliphatic hydroxyl groups is 1. The van der Waals surface area contributed by atoms with Gasteiger partial charge in [-0.1, -0.05) is 37.3 Å². The topological polar surface area (TPSA) is 72.9 Å². The van der Waals surface area contributed by atoms with Crippen LogP contribution < -0.4 is 10.2 Å². The second kappa shape index (κ2) is 7.24. The first kappa shape index (κ1) is 18.4. The van der Waals surface area contributed by atoms with Crippen molar-refractivity contribution in [3.8, 4) is 0 Å². The first-order chi connectivity index (χ1) is 13.6. The summed E-state index contributed by atoms with van der Waals surface area (Å²) in [5.74, 6) is -0.605.